The molecule has 0 unspecified atom stereocenters. The Morgan fingerprint density at radius 3 is 2.54 bits per heavy atom. The fourth-order valence-corrected chi connectivity index (χ4v) is 3.30. The second kappa shape index (κ2) is 6.95. The van der Waals surface area contributed by atoms with Gasteiger partial charge in [0.1, 0.15) is 17.2 Å². The molecular formula is C18H15BrFN5O. The number of piperazine rings is 1. The van der Waals surface area contributed by atoms with Gasteiger partial charge in [-0.1, -0.05) is 0 Å². The van der Waals surface area contributed by atoms with Crippen molar-refractivity contribution in [3.8, 4) is 0 Å². The van der Waals surface area contributed by atoms with E-state index < -0.39 is 5.82 Å². The zero-order chi connectivity index (χ0) is 18.1. The molecule has 6 nitrogen and oxygen atoms in total. The quantitative estimate of drug-likeness (QED) is 0.643. The number of anilines is 1. The zero-order valence-corrected chi connectivity index (χ0v) is 15.4. The van der Waals surface area contributed by atoms with Gasteiger partial charge in [0.25, 0.3) is 5.91 Å². The zero-order valence-electron chi connectivity index (χ0n) is 13.8. The van der Waals surface area contributed by atoms with Crippen LogP contribution in [0.3, 0.4) is 0 Å². The number of fused-ring (bicyclic) bond motifs is 1. The molecule has 1 fully saturated rings. The van der Waals surface area contributed by atoms with Crippen molar-refractivity contribution in [2.24, 2.45) is 0 Å². The summed E-state index contributed by atoms with van der Waals surface area (Å²) < 4.78 is 14.8. The Morgan fingerprint density at radius 1 is 1.04 bits per heavy atom. The van der Waals surface area contributed by atoms with Gasteiger partial charge in [-0.05, 0) is 34.1 Å². The Labute approximate surface area is 157 Å². The lowest BCUT2D eigenvalue weighted by atomic mass is 10.1. The van der Waals surface area contributed by atoms with Gasteiger partial charge < -0.3 is 9.80 Å². The lowest BCUT2D eigenvalue weighted by Gasteiger charge is -2.35. The average Bonchev–Trinajstić information content (AvgIpc) is 2.67. The van der Waals surface area contributed by atoms with Crippen molar-refractivity contribution in [2.75, 3.05) is 31.1 Å². The average molecular weight is 416 g/mol. The molecule has 3 aromatic rings. The van der Waals surface area contributed by atoms with E-state index in [-0.39, 0.29) is 11.5 Å². The molecule has 8 heteroatoms. The van der Waals surface area contributed by atoms with Crippen LogP contribution in [0, 0.1) is 5.82 Å². The van der Waals surface area contributed by atoms with Crippen LogP contribution < -0.4 is 4.90 Å². The Hall–Kier alpha value is -2.61. The molecule has 1 aromatic carbocycles. The van der Waals surface area contributed by atoms with E-state index in [2.05, 4.69) is 35.8 Å². The van der Waals surface area contributed by atoms with Crippen molar-refractivity contribution in [3.05, 3.63) is 58.7 Å². The third-order valence-corrected chi connectivity index (χ3v) is 4.84. The molecule has 0 aliphatic carbocycles. The van der Waals surface area contributed by atoms with E-state index in [0.717, 1.165) is 10.3 Å². The van der Waals surface area contributed by atoms with E-state index in [1.165, 1.54) is 24.5 Å². The first-order valence-corrected chi connectivity index (χ1v) is 8.97. The molecule has 1 amide bonds. The molecule has 2 aromatic heterocycles. The number of benzene rings is 1. The van der Waals surface area contributed by atoms with Crippen molar-refractivity contribution in [3.63, 3.8) is 0 Å². The first kappa shape index (κ1) is 16.8. The summed E-state index contributed by atoms with van der Waals surface area (Å²) in [5.74, 6) is 0.167. The van der Waals surface area contributed by atoms with Gasteiger partial charge in [-0.25, -0.2) is 9.37 Å². The van der Waals surface area contributed by atoms with E-state index in [1.807, 2.05) is 12.1 Å². The molecule has 0 bridgehead atoms. The van der Waals surface area contributed by atoms with Crippen molar-refractivity contribution in [1.82, 2.24) is 19.9 Å². The maximum atomic E-state index is 13.9. The highest BCUT2D eigenvalue weighted by atomic mass is 79.9. The van der Waals surface area contributed by atoms with Crippen LogP contribution >= 0.6 is 15.9 Å². The number of carbonyl (C=O) groups excluding carboxylic acids is 1. The summed E-state index contributed by atoms with van der Waals surface area (Å²) in [7, 11) is 0. The van der Waals surface area contributed by atoms with Crippen LogP contribution in [0.15, 0.2) is 47.3 Å². The largest absolute Gasteiger partial charge is 0.353 e. The standard InChI is InChI=1S/C18H15BrFN5O/c19-12-1-2-16(23-11-12)24-5-7-25(8-6-24)18(26)14-9-13(20)10-15-17(14)22-4-3-21-15/h1-4,9-11H,5-8H2. The highest BCUT2D eigenvalue weighted by Crippen LogP contribution is 2.21. The van der Waals surface area contributed by atoms with Crippen molar-refractivity contribution >= 4 is 38.7 Å². The van der Waals surface area contributed by atoms with Crippen LogP contribution in [0.5, 0.6) is 0 Å². The van der Waals surface area contributed by atoms with Gasteiger partial charge in [-0.3, -0.25) is 14.8 Å². The Kier molecular flexibility index (Phi) is 4.50. The van der Waals surface area contributed by atoms with Crippen LogP contribution in [0.25, 0.3) is 11.0 Å². The summed E-state index contributed by atoms with van der Waals surface area (Å²) in [4.78, 5) is 29.4. The number of halogens is 2. The number of hydrogen-bond donors (Lipinski definition) is 0. The van der Waals surface area contributed by atoms with Crippen molar-refractivity contribution in [1.29, 1.82) is 0 Å². The number of pyridine rings is 1. The minimum Gasteiger partial charge on any atom is -0.353 e. The van der Waals surface area contributed by atoms with Crippen LogP contribution in [-0.4, -0.2) is 51.9 Å². The van der Waals surface area contributed by atoms with Gasteiger partial charge in [-0.15, -0.1) is 0 Å². The first-order chi connectivity index (χ1) is 12.6. The van der Waals surface area contributed by atoms with Gasteiger partial charge in [0.05, 0.1) is 11.1 Å². The van der Waals surface area contributed by atoms with Gasteiger partial charge in [-0.2, -0.15) is 0 Å². The number of nitrogens with zero attached hydrogens (tertiary/aromatic N) is 5. The summed E-state index contributed by atoms with van der Waals surface area (Å²) >= 11 is 3.37. The summed E-state index contributed by atoms with van der Waals surface area (Å²) in [6, 6.07) is 6.41. The lowest BCUT2D eigenvalue weighted by Crippen LogP contribution is -2.49. The Bertz CT molecular complexity index is 957. The fraction of sp³-hybridized carbons (Fsp3) is 0.222. The summed E-state index contributed by atoms with van der Waals surface area (Å²) in [6.07, 6.45) is 4.75. The van der Waals surface area contributed by atoms with Gasteiger partial charge in [0, 0.05) is 55.3 Å². The van der Waals surface area contributed by atoms with Crippen molar-refractivity contribution in [2.45, 2.75) is 0 Å². The summed E-state index contributed by atoms with van der Waals surface area (Å²) in [5.41, 5.74) is 1.06. The highest BCUT2D eigenvalue weighted by Gasteiger charge is 2.25. The third-order valence-electron chi connectivity index (χ3n) is 4.37. The molecule has 0 N–H and O–H groups in total. The second-order valence-electron chi connectivity index (χ2n) is 5.99. The molecule has 0 radical (unpaired) electrons. The summed E-state index contributed by atoms with van der Waals surface area (Å²) in [5, 5.41) is 0. The molecule has 0 saturated carbocycles. The highest BCUT2D eigenvalue weighted by molar-refractivity contribution is 9.10. The molecule has 132 valence electrons. The van der Waals surface area contributed by atoms with Crippen molar-refractivity contribution < 1.29 is 9.18 Å². The predicted octanol–water partition coefficient (Wildman–Crippen LogP) is 2.89. The number of amides is 1. The first-order valence-electron chi connectivity index (χ1n) is 8.18. The van der Waals surface area contributed by atoms with Crippen LogP contribution in [0.4, 0.5) is 10.2 Å². The monoisotopic (exact) mass is 415 g/mol. The van der Waals surface area contributed by atoms with E-state index in [0.29, 0.717) is 37.2 Å². The number of aromatic nitrogens is 3. The molecule has 1 saturated heterocycles. The molecule has 1 aliphatic heterocycles. The summed E-state index contributed by atoms with van der Waals surface area (Å²) in [6.45, 7) is 2.41. The molecular weight excluding hydrogens is 401 g/mol. The normalized spacial score (nSPS) is 14.7. The van der Waals surface area contributed by atoms with Gasteiger partial charge >= 0.3 is 0 Å². The van der Waals surface area contributed by atoms with E-state index in [1.54, 1.807) is 11.1 Å². The maximum absolute atomic E-state index is 13.9. The fourth-order valence-electron chi connectivity index (χ4n) is 3.07. The Morgan fingerprint density at radius 2 is 1.81 bits per heavy atom. The van der Waals surface area contributed by atoms with E-state index in [4.69, 9.17) is 0 Å². The Balaban J connectivity index is 1.53. The van der Waals surface area contributed by atoms with Crippen LogP contribution in [0.1, 0.15) is 10.4 Å². The van der Waals surface area contributed by atoms with Gasteiger partial charge in [0.15, 0.2) is 0 Å². The predicted molar refractivity (Wildman–Crippen MR) is 99.5 cm³/mol. The minimum absolute atomic E-state index is 0.224. The third kappa shape index (κ3) is 3.24. The molecule has 4 rings (SSSR count). The van der Waals surface area contributed by atoms with E-state index in [9.17, 15) is 9.18 Å². The topological polar surface area (TPSA) is 62.2 Å². The number of hydrogen-bond acceptors (Lipinski definition) is 5. The number of carbonyl (C=O) groups is 1. The smallest absolute Gasteiger partial charge is 0.256 e. The second-order valence-corrected chi connectivity index (χ2v) is 6.91. The molecule has 1 aliphatic rings. The lowest BCUT2D eigenvalue weighted by molar-refractivity contribution is 0.0748. The van der Waals surface area contributed by atoms with Crippen LogP contribution in [0.2, 0.25) is 0 Å². The molecule has 3 heterocycles. The molecule has 0 spiro atoms. The van der Waals surface area contributed by atoms with E-state index >= 15 is 0 Å². The van der Waals surface area contributed by atoms with Gasteiger partial charge in [0.2, 0.25) is 0 Å². The number of rotatable bonds is 2. The maximum Gasteiger partial charge on any atom is 0.256 e. The molecule has 26 heavy (non-hydrogen) atoms. The minimum atomic E-state index is -0.487. The van der Waals surface area contributed by atoms with Crippen LogP contribution in [-0.2, 0) is 0 Å². The molecule has 0 atom stereocenters. The SMILES string of the molecule is O=C(c1cc(F)cc2nccnc12)N1CCN(c2ccc(Br)cn2)CC1.